The van der Waals surface area contributed by atoms with Crippen molar-refractivity contribution in [2.24, 2.45) is 0 Å². The number of nitrogens with zero attached hydrogens (tertiary/aromatic N) is 2. The van der Waals surface area contributed by atoms with Crippen molar-refractivity contribution < 1.29 is 19.1 Å². The van der Waals surface area contributed by atoms with Gasteiger partial charge < -0.3 is 19.7 Å². The smallest absolute Gasteiger partial charge is 0.251 e. The number of amides is 2. The fourth-order valence-electron chi connectivity index (χ4n) is 4.08. The molecule has 31 heavy (non-hydrogen) atoms. The van der Waals surface area contributed by atoms with Gasteiger partial charge in [-0.15, -0.1) is 0 Å². The van der Waals surface area contributed by atoms with E-state index in [0.29, 0.717) is 18.7 Å². The number of likely N-dealkylation sites (tertiary alicyclic amines) is 1. The van der Waals surface area contributed by atoms with Gasteiger partial charge >= 0.3 is 0 Å². The van der Waals surface area contributed by atoms with Crippen molar-refractivity contribution in [2.45, 2.75) is 25.4 Å². The second-order valence-corrected chi connectivity index (χ2v) is 7.80. The van der Waals surface area contributed by atoms with E-state index >= 15 is 0 Å². The number of hydrogen-bond acceptors (Lipinski definition) is 5. The van der Waals surface area contributed by atoms with Crippen LogP contribution in [-0.2, 0) is 11.3 Å². The van der Waals surface area contributed by atoms with Gasteiger partial charge in [0.2, 0.25) is 5.91 Å². The van der Waals surface area contributed by atoms with Crippen LogP contribution in [0.2, 0.25) is 0 Å². The molecular formula is C24H31N3O4. The fraction of sp³-hybridized carbons (Fsp3) is 0.417. The molecule has 0 spiro atoms. The molecule has 2 amide bonds. The second kappa shape index (κ2) is 10.3. The molecule has 166 valence electrons. The maximum Gasteiger partial charge on any atom is 0.251 e. The first-order valence-electron chi connectivity index (χ1n) is 10.5. The quantitative estimate of drug-likeness (QED) is 0.704. The van der Waals surface area contributed by atoms with Gasteiger partial charge in [0.05, 0.1) is 26.8 Å². The molecule has 1 aliphatic rings. The summed E-state index contributed by atoms with van der Waals surface area (Å²) in [5, 5.41) is 2.62. The summed E-state index contributed by atoms with van der Waals surface area (Å²) >= 11 is 0. The van der Waals surface area contributed by atoms with E-state index in [1.807, 2.05) is 47.2 Å². The Hall–Kier alpha value is -3.06. The number of methoxy groups -OCH3 is 2. The van der Waals surface area contributed by atoms with Crippen LogP contribution in [0.3, 0.4) is 0 Å². The van der Waals surface area contributed by atoms with Crippen LogP contribution in [0.4, 0.5) is 0 Å². The van der Waals surface area contributed by atoms with Crippen LogP contribution in [-0.4, -0.2) is 63.0 Å². The van der Waals surface area contributed by atoms with E-state index in [1.165, 1.54) is 0 Å². The number of ether oxygens (including phenoxy) is 2. The summed E-state index contributed by atoms with van der Waals surface area (Å²) in [5.74, 6) is 1.52. The lowest BCUT2D eigenvalue weighted by Crippen LogP contribution is -2.38. The number of rotatable bonds is 8. The first-order chi connectivity index (χ1) is 15.0. The highest BCUT2D eigenvalue weighted by molar-refractivity contribution is 5.93. The Kier molecular flexibility index (Phi) is 7.52. The molecule has 1 aliphatic heterocycles. The molecule has 1 fully saturated rings. The van der Waals surface area contributed by atoms with Gasteiger partial charge in [-0.3, -0.25) is 14.5 Å². The summed E-state index contributed by atoms with van der Waals surface area (Å²) in [5.41, 5.74) is 2.66. The van der Waals surface area contributed by atoms with Crippen LogP contribution in [0.25, 0.3) is 0 Å². The largest absolute Gasteiger partial charge is 0.497 e. The van der Waals surface area contributed by atoms with E-state index in [-0.39, 0.29) is 17.9 Å². The van der Waals surface area contributed by atoms with Crippen molar-refractivity contribution in [3.05, 3.63) is 59.2 Å². The van der Waals surface area contributed by atoms with Crippen molar-refractivity contribution in [1.82, 2.24) is 15.1 Å². The minimum absolute atomic E-state index is 0.0159. The molecule has 1 N–H and O–H groups in total. The zero-order chi connectivity index (χ0) is 22.4. The summed E-state index contributed by atoms with van der Waals surface area (Å²) in [6.07, 6.45) is 1.86. The molecule has 2 aromatic rings. The number of nitrogens with one attached hydrogen (secondary N) is 1. The predicted molar refractivity (Wildman–Crippen MR) is 119 cm³/mol. The third kappa shape index (κ3) is 5.35. The van der Waals surface area contributed by atoms with E-state index in [4.69, 9.17) is 9.47 Å². The molecule has 0 unspecified atom stereocenters. The summed E-state index contributed by atoms with van der Waals surface area (Å²) < 4.78 is 10.9. The average molecular weight is 426 g/mol. The van der Waals surface area contributed by atoms with Crippen molar-refractivity contribution in [3.8, 4) is 11.5 Å². The molecule has 1 atom stereocenters. The van der Waals surface area contributed by atoms with E-state index in [0.717, 1.165) is 42.0 Å². The number of carbonyl (C=O) groups is 2. The number of carbonyl (C=O) groups excluding carboxylic acids is 2. The van der Waals surface area contributed by atoms with Gasteiger partial charge in [0, 0.05) is 31.3 Å². The molecule has 0 saturated carbocycles. The summed E-state index contributed by atoms with van der Waals surface area (Å²) in [7, 11) is 6.83. The first-order valence-corrected chi connectivity index (χ1v) is 10.5. The number of likely N-dealkylation sites (N-methyl/N-ethyl adjacent to an activating group) is 1. The van der Waals surface area contributed by atoms with Gasteiger partial charge in [0.1, 0.15) is 11.5 Å². The number of benzene rings is 2. The van der Waals surface area contributed by atoms with Crippen LogP contribution >= 0.6 is 0 Å². The zero-order valence-electron chi connectivity index (χ0n) is 18.7. The number of hydrogen-bond donors (Lipinski definition) is 1. The maximum atomic E-state index is 13.1. The standard InChI is InChI=1S/C24H31N3O4/c1-25-24(29)18-9-7-17(8-10-18)15-26(2)16-23(28)27-13-5-6-21(27)20-14-19(30-3)11-12-22(20)31-4/h7-12,14,21H,5-6,13,15-16H2,1-4H3,(H,25,29)/t21-/m0/s1. The molecule has 2 aromatic carbocycles. The van der Waals surface area contributed by atoms with Crippen molar-refractivity contribution in [3.63, 3.8) is 0 Å². The zero-order valence-corrected chi connectivity index (χ0v) is 18.7. The van der Waals surface area contributed by atoms with Crippen LogP contribution in [0, 0.1) is 0 Å². The minimum Gasteiger partial charge on any atom is -0.497 e. The molecule has 7 heteroatoms. The van der Waals surface area contributed by atoms with Crippen LogP contribution in [0.1, 0.15) is 40.4 Å². The summed E-state index contributed by atoms with van der Waals surface area (Å²) in [4.78, 5) is 28.8. The Bertz CT molecular complexity index is 914. The van der Waals surface area contributed by atoms with Gasteiger partial charge in [0.25, 0.3) is 5.91 Å². The third-order valence-corrected chi connectivity index (χ3v) is 5.67. The lowest BCUT2D eigenvalue weighted by Gasteiger charge is -2.28. The lowest BCUT2D eigenvalue weighted by molar-refractivity contribution is -0.133. The molecule has 1 heterocycles. The molecule has 1 saturated heterocycles. The van der Waals surface area contributed by atoms with Gasteiger partial charge in [-0.1, -0.05) is 12.1 Å². The maximum absolute atomic E-state index is 13.1. The average Bonchev–Trinajstić information content (AvgIpc) is 3.28. The highest BCUT2D eigenvalue weighted by Gasteiger charge is 2.32. The van der Waals surface area contributed by atoms with Crippen LogP contribution in [0.5, 0.6) is 11.5 Å². The van der Waals surface area contributed by atoms with Crippen LogP contribution < -0.4 is 14.8 Å². The fourth-order valence-corrected chi connectivity index (χ4v) is 4.08. The van der Waals surface area contributed by atoms with Crippen molar-refractivity contribution >= 4 is 11.8 Å². The second-order valence-electron chi connectivity index (χ2n) is 7.80. The van der Waals surface area contributed by atoms with Gasteiger partial charge in [-0.25, -0.2) is 0 Å². The minimum atomic E-state index is -0.108. The summed E-state index contributed by atoms with van der Waals surface area (Å²) in [6, 6.07) is 13.2. The van der Waals surface area contributed by atoms with Crippen LogP contribution in [0.15, 0.2) is 42.5 Å². The Morgan fingerprint density at radius 2 is 1.87 bits per heavy atom. The van der Waals surface area contributed by atoms with E-state index in [1.54, 1.807) is 33.4 Å². The Labute approximate surface area is 183 Å². The SMILES string of the molecule is CNC(=O)c1ccc(CN(C)CC(=O)N2CCC[C@H]2c2cc(OC)ccc2OC)cc1. The van der Waals surface area contributed by atoms with E-state index in [2.05, 4.69) is 5.32 Å². The molecule has 0 aliphatic carbocycles. The molecular weight excluding hydrogens is 394 g/mol. The predicted octanol–water partition coefficient (Wildman–Crippen LogP) is 2.86. The van der Waals surface area contributed by atoms with E-state index in [9.17, 15) is 9.59 Å². The molecule has 0 aromatic heterocycles. The molecule has 3 rings (SSSR count). The highest BCUT2D eigenvalue weighted by Crippen LogP contribution is 2.38. The third-order valence-electron chi connectivity index (χ3n) is 5.67. The highest BCUT2D eigenvalue weighted by atomic mass is 16.5. The first kappa shape index (κ1) is 22.6. The van der Waals surface area contributed by atoms with Gasteiger partial charge in [-0.2, -0.15) is 0 Å². The molecule has 0 bridgehead atoms. The normalized spacial score (nSPS) is 15.8. The Morgan fingerprint density at radius 1 is 1.13 bits per heavy atom. The Balaban J connectivity index is 1.66. The van der Waals surface area contributed by atoms with Crippen molar-refractivity contribution in [2.75, 3.05) is 41.4 Å². The molecule has 0 radical (unpaired) electrons. The summed E-state index contributed by atoms with van der Waals surface area (Å²) in [6.45, 7) is 1.68. The topological polar surface area (TPSA) is 71.1 Å². The van der Waals surface area contributed by atoms with E-state index < -0.39 is 0 Å². The van der Waals surface area contributed by atoms with Crippen molar-refractivity contribution in [1.29, 1.82) is 0 Å². The lowest BCUT2D eigenvalue weighted by atomic mass is 10.0. The monoisotopic (exact) mass is 425 g/mol. The van der Waals surface area contributed by atoms with Gasteiger partial charge in [0.15, 0.2) is 0 Å². The van der Waals surface area contributed by atoms with Gasteiger partial charge in [-0.05, 0) is 55.8 Å². The Morgan fingerprint density at radius 3 is 2.52 bits per heavy atom. The molecule has 7 nitrogen and oxygen atoms in total.